The van der Waals surface area contributed by atoms with E-state index in [1.807, 2.05) is 0 Å². The number of hydrogen-bond donors (Lipinski definition) is 0. The van der Waals surface area contributed by atoms with E-state index < -0.39 is 28.8 Å². The average Bonchev–Trinajstić information content (AvgIpc) is 2.35. The molecule has 0 atom stereocenters. The molecule has 7 heteroatoms. The number of carbonyl (C=O) groups is 1. The van der Waals surface area contributed by atoms with Crippen molar-refractivity contribution >= 4 is 21.9 Å². The van der Waals surface area contributed by atoms with E-state index in [0.717, 1.165) is 6.07 Å². The molecule has 1 rings (SSSR count). The van der Waals surface area contributed by atoms with E-state index in [9.17, 15) is 18.0 Å². The molecule has 1 aromatic carbocycles. The summed E-state index contributed by atoms with van der Waals surface area (Å²) >= 11 is 3.01. The molecule has 0 saturated carbocycles. The Hall–Kier alpha value is -1.55. The number of esters is 1. The summed E-state index contributed by atoms with van der Waals surface area (Å²) in [4.78, 5) is 11.5. The molecule has 0 fully saturated rings. The van der Waals surface area contributed by atoms with E-state index in [-0.39, 0.29) is 17.5 Å². The highest BCUT2D eigenvalue weighted by molar-refractivity contribution is 9.08. The summed E-state index contributed by atoms with van der Waals surface area (Å²) in [7, 11) is 0. The van der Waals surface area contributed by atoms with Crippen molar-refractivity contribution in [3.8, 4) is 6.07 Å². The molecular weight excluding hydrogens is 327 g/mol. The fourth-order valence-corrected chi connectivity index (χ4v) is 2.03. The van der Waals surface area contributed by atoms with Crippen molar-refractivity contribution in [3.05, 3.63) is 34.4 Å². The molecule has 0 aliphatic carbocycles. The first kappa shape index (κ1) is 15.5. The fraction of sp³-hybridized carbons (Fsp3) is 0.333. The Kier molecular flexibility index (Phi) is 4.95. The fourth-order valence-electron chi connectivity index (χ4n) is 1.56. The van der Waals surface area contributed by atoms with Gasteiger partial charge in [-0.2, -0.15) is 18.4 Å². The number of ether oxygens (including phenoxy) is 1. The quantitative estimate of drug-likeness (QED) is 0.625. The maximum Gasteiger partial charge on any atom is 0.418 e. The smallest absolute Gasteiger partial charge is 0.418 e. The third-order valence-corrected chi connectivity index (χ3v) is 2.93. The number of rotatable bonds is 3. The van der Waals surface area contributed by atoms with Gasteiger partial charge in [-0.25, -0.2) is 4.79 Å². The highest BCUT2D eigenvalue weighted by atomic mass is 79.9. The van der Waals surface area contributed by atoms with E-state index in [4.69, 9.17) is 5.26 Å². The molecule has 0 aliphatic rings. The van der Waals surface area contributed by atoms with Gasteiger partial charge >= 0.3 is 12.1 Å². The van der Waals surface area contributed by atoms with E-state index in [1.165, 1.54) is 19.1 Å². The first-order valence-electron chi connectivity index (χ1n) is 5.23. The highest BCUT2D eigenvalue weighted by Crippen LogP contribution is 2.36. The minimum Gasteiger partial charge on any atom is -0.462 e. The van der Waals surface area contributed by atoms with Crippen molar-refractivity contribution in [2.24, 2.45) is 0 Å². The van der Waals surface area contributed by atoms with Gasteiger partial charge in [0.2, 0.25) is 0 Å². The molecule has 0 amide bonds. The third-order valence-electron chi connectivity index (χ3n) is 2.33. The highest BCUT2D eigenvalue weighted by Gasteiger charge is 2.39. The van der Waals surface area contributed by atoms with Gasteiger partial charge in [0, 0.05) is 5.33 Å². The van der Waals surface area contributed by atoms with Gasteiger partial charge in [-0.05, 0) is 18.6 Å². The summed E-state index contributed by atoms with van der Waals surface area (Å²) in [6, 6.07) is 3.83. The minimum atomic E-state index is -4.80. The second-order valence-corrected chi connectivity index (χ2v) is 4.05. The lowest BCUT2D eigenvalue weighted by Crippen LogP contribution is -2.18. The van der Waals surface area contributed by atoms with E-state index >= 15 is 0 Å². The first-order chi connectivity index (χ1) is 8.86. The second kappa shape index (κ2) is 6.06. The Morgan fingerprint density at radius 2 is 2.11 bits per heavy atom. The molecule has 0 bridgehead atoms. The molecule has 1 aromatic rings. The molecule has 0 N–H and O–H groups in total. The summed E-state index contributed by atoms with van der Waals surface area (Å²) in [6.07, 6.45) is -4.80. The van der Waals surface area contributed by atoms with Crippen molar-refractivity contribution < 1.29 is 22.7 Å². The number of halogens is 4. The van der Waals surface area contributed by atoms with Gasteiger partial charge in [-0.3, -0.25) is 0 Å². The van der Waals surface area contributed by atoms with Crippen molar-refractivity contribution in [1.29, 1.82) is 5.26 Å². The second-order valence-electron chi connectivity index (χ2n) is 3.49. The van der Waals surface area contributed by atoms with Gasteiger partial charge in [-0.1, -0.05) is 22.0 Å². The normalized spacial score (nSPS) is 10.9. The molecule has 0 spiro atoms. The van der Waals surface area contributed by atoms with Crippen molar-refractivity contribution in [2.75, 3.05) is 6.61 Å². The predicted octanol–water partition coefficient (Wildman–Crippen LogP) is 3.65. The number of hydrogen-bond acceptors (Lipinski definition) is 3. The number of benzene rings is 1. The number of carbonyl (C=O) groups excluding carboxylic acids is 1. The maximum absolute atomic E-state index is 13.0. The van der Waals surface area contributed by atoms with Crippen LogP contribution in [0.3, 0.4) is 0 Å². The molecule has 0 heterocycles. The molecule has 19 heavy (non-hydrogen) atoms. The summed E-state index contributed by atoms with van der Waals surface area (Å²) in [5.74, 6) is -1.09. The van der Waals surface area contributed by atoms with Crippen LogP contribution < -0.4 is 0 Å². The SMILES string of the molecule is CCOC(=O)c1ccc(CBr)c(C#N)c1C(F)(F)F. The lowest BCUT2D eigenvalue weighted by Gasteiger charge is -2.15. The third kappa shape index (κ3) is 3.26. The molecular formula is C12H9BrF3NO2. The monoisotopic (exact) mass is 335 g/mol. The van der Waals surface area contributed by atoms with Crippen LogP contribution in [0, 0.1) is 11.3 Å². The maximum atomic E-state index is 13.0. The van der Waals surface area contributed by atoms with E-state index in [2.05, 4.69) is 20.7 Å². The minimum absolute atomic E-state index is 0.0434. The van der Waals surface area contributed by atoms with Crippen LogP contribution >= 0.6 is 15.9 Å². The lowest BCUT2D eigenvalue weighted by atomic mass is 9.97. The van der Waals surface area contributed by atoms with Crippen LogP contribution in [-0.2, 0) is 16.2 Å². The Bertz CT molecular complexity index is 535. The zero-order chi connectivity index (χ0) is 14.6. The van der Waals surface area contributed by atoms with E-state index in [0.29, 0.717) is 0 Å². The standard InChI is InChI=1S/C12H9BrF3NO2/c1-2-19-11(18)8-4-3-7(5-13)9(6-17)10(8)12(14,15)16/h3-4H,2,5H2,1H3. The number of nitriles is 1. The first-order valence-corrected chi connectivity index (χ1v) is 6.35. The van der Waals surface area contributed by atoms with Gasteiger partial charge in [0.1, 0.15) is 6.07 Å². The average molecular weight is 336 g/mol. The molecule has 0 saturated heterocycles. The topological polar surface area (TPSA) is 50.1 Å². The van der Waals surface area contributed by atoms with Gasteiger partial charge in [0.25, 0.3) is 0 Å². The number of alkyl halides is 4. The van der Waals surface area contributed by atoms with Crippen LogP contribution in [0.5, 0.6) is 0 Å². The molecule has 102 valence electrons. The van der Waals surface area contributed by atoms with Crippen LogP contribution in [0.25, 0.3) is 0 Å². The Balaban J connectivity index is 3.58. The Labute approximate surface area is 116 Å². The van der Waals surface area contributed by atoms with Crippen LogP contribution in [-0.4, -0.2) is 12.6 Å². The Morgan fingerprint density at radius 1 is 1.47 bits per heavy atom. The van der Waals surface area contributed by atoms with E-state index in [1.54, 1.807) is 0 Å². The van der Waals surface area contributed by atoms with Crippen molar-refractivity contribution in [3.63, 3.8) is 0 Å². The number of nitrogens with zero attached hydrogens (tertiary/aromatic N) is 1. The van der Waals surface area contributed by atoms with Gasteiger partial charge < -0.3 is 4.74 Å². The largest absolute Gasteiger partial charge is 0.462 e. The van der Waals surface area contributed by atoms with Crippen molar-refractivity contribution in [2.45, 2.75) is 18.4 Å². The lowest BCUT2D eigenvalue weighted by molar-refractivity contribution is -0.138. The zero-order valence-corrected chi connectivity index (χ0v) is 11.4. The summed E-state index contributed by atoms with van der Waals surface area (Å²) in [6.45, 7) is 1.45. The summed E-state index contributed by atoms with van der Waals surface area (Å²) in [5, 5.41) is 8.99. The van der Waals surface area contributed by atoms with Crippen molar-refractivity contribution in [1.82, 2.24) is 0 Å². The van der Waals surface area contributed by atoms with Crippen LogP contribution in [0.2, 0.25) is 0 Å². The van der Waals surface area contributed by atoms with Crippen LogP contribution in [0.4, 0.5) is 13.2 Å². The molecule has 3 nitrogen and oxygen atoms in total. The van der Waals surface area contributed by atoms with Gasteiger partial charge in [0.05, 0.1) is 23.3 Å². The van der Waals surface area contributed by atoms with Crippen LogP contribution in [0.1, 0.15) is 34.0 Å². The zero-order valence-electron chi connectivity index (χ0n) is 9.84. The molecule has 0 unspecified atom stereocenters. The molecule has 0 radical (unpaired) electrons. The van der Waals surface area contributed by atoms with Gasteiger partial charge in [-0.15, -0.1) is 0 Å². The Morgan fingerprint density at radius 3 is 2.53 bits per heavy atom. The van der Waals surface area contributed by atoms with Crippen LogP contribution in [0.15, 0.2) is 12.1 Å². The predicted molar refractivity (Wildman–Crippen MR) is 64.7 cm³/mol. The molecule has 0 aromatic heterocycles. The molecule has 0 aliphatic heterocycles. The summed E-state index contributed by atoms with van der Waals surface area (Å²) < 4.78 is 43.7. The van der Waals surface area contributed by atoms with Gasteiger partial charge in [0.15, 0.2) is 0 Å². The summed E-state index contributed by atoms with van der Waals surface area (Å²) in [5.41, 5.74) is -2.28.